The number of aromatic nitrogens is 3. The van der Waals surface area contributed by atoms with Crippen LogP contribution in [-0.4, -0.2) is 88.0 Å². The Morgan fingerprint density at radius 1 is 0.971 bits per heavy atom. The molecule has 190 valence electrons. The number of nitrogens with zero attached hydrogens (tertiary/aromatic N) is 4. The summed E-state index contributed by atoms with van der Waals surface area (Å²) >= 11 is 0. The van der Waals surface area contributed by atoms with Crippen molar-refractivity contribution in [3.05, 3.63) is 49.6 Å². The number of ether oxygens (including phenoxy) is 4. The Balaban J connectivity index is 1.74. The average molecular weight is 527 g/mol. The lowest BCUT2D eigenvalue weighted by Gasteiger charge is -2.32. The molecule has 1 atom stereocenters. The van der Waals surface area contributed by atoms with Crippen molar-refractivity contribution in [2.24, 2.45) is 0 Å². The first-order valence-corrected chi connectivity index (χ1v) is 13.8. The predicted molar refractivity (Wildman–Crippen MR) is 125 cm³/mol. The minimum Gasteiger partial charge on any atom is -0.460 e. The fourth-order valence-electron chi connectivity index (χ4n) is 3.07. The second-order valence-electron chi connectivity index (χ2n) is 7.27. The number of morpholine rings is 1. The van der Waals surface area contributed by atoms with Gasteiger partial charge in [0.2, 0.25) is 10.0 Å². The van der Waals surface area contributed by atoms with Crippen LogP contribution >= 0.6 is 0 Å². The molecule has 1 saturated heterocycles. The van der Waals surface area contributed by atoms with E-state index in [4.69, 9.17) is 18.9 Å². The number of sulfonamides is 1. The van der Waals surface area contributed by atoms with E-state index in [1.807, 2.05) is 0 Å². The van der Waals surface area contributed by atoms with Crippen molar-refractivity contribution in [1.82, 2.24) is 19.3 Å². The third-order valence-corrected chi connectivity index (χ3v) is 7.81. The summed E-state index contributed by atoms with van der Waals surface area (Å²) in [5, 5.41) is 0. The molecular weight excluding hydrogens is 500 g/mol. The number of sulfone groups is 1. The van der Waals surface area contributed by atoms with Gasteiger partial charge in [-0.1, -0.05) is 37.4 Å². The first-order valence-electron chi connectivity index (χ1n) is 10.4. The van der Waals surface area contributed by atoms with Crippen LogP contribution in [0.25, 0.3) is 0 Å². The molecule has 14 heteroatoms. The van der Waals surface area contributed by atoms with Gasteiger partial charge in [-0.2, -0.15) is 4.31 Å². The van der Waals surface area contributed by atoms with Crippen molar-refractivity contribution >= 4 is 19.9 Å². The van der Waals surface area contributed by atoms with Gasteiger partial charge >= 0.3 is 18.0 Å². The van der Waals surface area contributed by atoms with E-state index in [2.05, 4.69) is 28.1 Å². The summed E-state index contributed by atoms with van der Waals surface area (Å²) in [6.45, 7) is 7.41. The Morgan fingerprint density at radius 2 is 1.51 bits per heavy atom. The quantitative estimate of drug-likeness (QED) is 0.363. The summed E-state index contributed by atoms with van der Waals surface area (Å²) in [5.74, 6) is 0. The first kappa shape index (κ1) is 26.5. The maximum atomic E-state index is 13.2. The predicted octanol–water partition coefficient (Wildman–Crippen LogP) is 0.873. The highest BCUT2D eigenvalue weighted by Gasteiger charge is 2.34. The molecule has 0 N–H and O–H groups in total. The zero-order valence-corrected chi connectivity index (χ0v) is 20.7. The fraction of sp³-hybridized carbons (Fsp3) is 0.381. The molecule has 2 heterocycles. The summed E-state index contributed by atoms with van der Waals surface area (Å²) in [4.78, 5) is 11.5. The Morgan fingerprint density at radius 3 is 2.06 bits per heavy atom. The van der Waals surface area contributed by atoms with Crippen molar-refractivity contribution in [1.29, 1.82) is 0 Å². The zero-order chi connectivity index (χ0) is 25.5. The lowest BCUT2D eigenvalue weighted by molar-refractivity contribution is -0.0268. The van der Waals surface area contributed by atoms with Gasteiger partial charge in [-0.25, -0.2) is 16.8 Å². The highest BCUT2D eigenvalue weighted by molar-refractivity contribution is 7.93. The fourth-order valence-corrected chi connectivity index (χ4v) is 6.13. The summed E-state index contributed by atoms with van der Waals surface area (Å²) in [6, 6.07) is 5.29. The molecule has 0 aliphatic carbocycles. The maximum Gasteiger partial charge on any atom is 0.326 e. The lowest BCUT2D eigenvalue weighted by atomic mass is 10.3. The third-order valence-electron chi connectivity index (χ3n) is 4.60. The van der Waals surface area contributed by atoms with Crippen molar-refractivity contribution in [3.8, 4) is 18.0 Å². The molecule has 0 saturated carbocycles. The molecule has 1 aliphatic heterocycles. The molecule has 1 aromatic carbocycles. The zero-order valence-electron chi connectivity index (χ0n) is 19.1. The van der Waals surface area contributed by atoms with E-state index in [0.29, 0.717) is 0 Å². The van der Waals surface area contributed by atoms with Crippen LogP contribution in [0, 0.1) is 0 Å². The van der Waals surface area contributed by atoms with Crippen LogP contribution in [0.3, 0.4) is 0 Å². The van der Waals surface area contributed by atoms with Crippen LogP contribution in [0.2, 0.25) is 0 Å². The average Bonchev–Trinajstić information content (AvgIpc) is 2.84. The van der Waals surface area contributed by atoms with Crippen molar-refractivity contribution < 1.29 is 35.8 Å². The van der Waals surface area contributed by atoms with Crippen molar-refractivity contribution in [2.75, 3.05) is 45.8 Å². The molecule has 0 spiro atoms. The second kappa shape index (κ2) is 11.6. The van der Waals surface area contributed by atoms with Crippen molar-refractivity contribution in [2.45, 2.75) is 15.9 Å². The number of hydrogen-bond donors (Lipinski definition) is 0. The molecule has 1 unspecified atom stereocenters. The molecule has 0 bridgehead atoms. The monoisotopic (exact) mass is 526 g/mol. The van der Waals surface area contributed by atoms with Crippen LogP contribution < -0.4 is 14.2 Å². The van der Waals surface area contributed by atoms with E-state index < -0.39 is 26.0 Å². The SMILES string of the molecule is C=CCOc1nc(OCC=C)nc(OCC2CN(S(=O)(=O)c3ccccc3S(C)(=O)=O)CCO2)n1. The van der Waals surface area contributed by atoms with E-state index in [0.717, 1.165) is 6.26 Å². The van der Waals surface area contributed by atoms with Crippen molar-refractivity contribution in [3.63, 3.8) is 0 Å². The first-order chi connectivity index (χ1) is 16.6. The smallest absolute Gasteiger partial charge is 0.326 e. The number of hydrogen-bond acceptors (Lipinski definition) is 11. The molecule has 1 fully saturated rings. The normalized spacial score (nSPS) is 16.9. The van der Waals surface area contributed by atoms with E-state index in [9.17, 15) is 16.8 Å². The summed E-state index contributed by atoms with van der Waals surface area (Å²) < 4.78 is 73.8. The van der Waals surface area contributed by atoms with Gasteiger partial charge < -0.3 is 18.9 Å². The molecule has 12 nitrogen and oxygen atoms in total. The number of benzene rings is 1. The highest BCUT2D eigenvalue weighted by atomic mass is 32.2. The Labute approximate surface area is 204 Å². The molecule has 2 aromatic rings. The van der Waals surface area contributed by atoms with Gasteiger partial charge in [-0.3, -0.25) is 0 Å². The summed E-state index contributed by atoms with van der Waals surface area (Å²) in [6.07, 6.45) is 3.32. The topological polar surface area (TPSA) is 147 Å². The third kappa shape index (κ3) is 6.97. The molecule has 1 aliphatic rings. The lowest BCUT2D eigenvalue weighted by Crippen LogP contribution is -2.47. The van der Waals surface area contributed by atoms with E-state index in [1.54, 1.807) is 0 Å². The number of rotatable bonds is 12. The van der Waals surface area contributed by atoms with Gasteiger partial charge in [0.1, 0.15) is 30.8 Å². The van der Waals surface area contributed by atoms with Gasteiger partial charge in [0.05, 0.1) is 11.5 Å². The standard InChI is InChI=1S/C21H26N4O8S2/c1-4-11-31-19-22-20(32-12-5-2)24-21(23-19)33-15-16-14-25(10-13-30-16)35(28,29)18-9-7-6-8-17(18)34(3,26)27/h4-9,16H,1-2,10-15H2,3H3. The van der Waals surface area contributed by atoms with Gasteiger partial charge in [0, 0.05) is 19.3 Å². The van der Waals surface area contributed by atoms with Gasteiger partial charge in [0.25, 0.3) is 0 Å². The summed E-state index contributed by atoms with van der Waals surface area (Å²) in [5.41, 5.74) is 0. The maximum absolute atomic E-state index is 13.2. The van der Waals surface area contributed by atoms with E-state index in [-0.39, 0.29) is 67.3 Å². The van der Waals surface area contributed by atoms with E-state index >= 15 is 0 Å². The molecule has 35 heavy (non-hydrogen) atoms. The second-order valence-corrected chi connectivity index (χ2v) is 11.2. The van der Waals surface area contributed by atoms with Gasteiger partial charge in [-0.15, -0.1) is 15.0 Å². The van der Waals surface area contributed by atoms with E-state index in [1.165, 1.54) is 40.7 Å². The molecule has 3 rings (SSSR count). The molecule has 1 aromatic heterocycles. The van der Waals surface area contributed by atoms with Crippen LogP contribution in [-0.2, 0) is 24.6 Å². The van der Waals surface area contributed by atoms with Crippen LogP contribution in [0.4, 0.5) is 0 Å². The summed E-state index contributed by atoms with van der Waals surface area (Å²) in [7, 11) is -7.86. The van der Waals surface area contributed by atoms with Crippen LogP contribution in [0.5, 0.6) is 18.0 Å². The highest BCUT2D eigenvalue weighted by Crippen LogP contribution is 2.26. The minimum atomic E-state index is -4.11. The molecule has 0 radical (unpaired) electrons. The molecule has 0 amide bonds. The van der Waals surface area contributed by atoms with Crippen LogP contribution in [0.1, 0.15) is 0 Å². The Bertz CT molecular complexity index is 1240. The van der Waals surface area contributed by atoms with Crippen LogP contribution in [0.15, 0.2) is 59.4 Å². The Kier molecular flexibility index (Phi) is 8.77. The van der Waals surface area contributed by atoms with Gasteiger partial charge in [0.15, 0.2) is 9.84 Å². The van der Waals surface area contributed by atoms with Gasteiger partial charge in [-0.05, 0) is 12.1 Å². The largest absolute Gasteiger partial charge is 0.460 e. The Hall–Kier alpha value is -3.07. The minimum absolute atomic E-state index is 0.0416. The molecular formula is C21H26N4O8S2.